The lowest BCUT2D eigenvalue weighted by molar-refractivity contribution is -0.0742. The van der Waals surface area contributed by atoms with E-state index in [0.29, 0.717) is 6.04 Å². The summed E-state index contributed by atoms with van der Waals surface area (Å²) < 4.78 is 5.30. The molecule has 0 bridgehead atoms. The van der Waals surface area contributed by atoms with E-state index >= 15 is 0 Å². The van der Waals surface area contributed by atoms with Crippen LogP contribution in [0.4, 0.5) is 0 Å². The number of aromatic nitrogens is 2. The van der Waals surface area contributed by atoms with E-state index in [-0.39, 0.29) is 11.0 Å². The van der Waals surface area contributed by atoms with Crippen LogP contribution in [0.25, 0.3) is 43.6 Å². The van der Waals surface area contributed by atoms with E-state index in [1.54, 1.807) is 0 Å². The van der Waals surface area contributed by atoms with Crippen LogP contribution in [0.5, 0.6) is 0 Å². The lowest BCUT2D eigenvalue weighted by atomic mass is 9.53. The first-order chi connectivity index (χ1) is 16.0. The molecular weight excluding hydrogens is 400 g/mol. The Morgan fingerprint density at radius 2 is 0.909 bits per heavy atom. The quantitative estimate of drug-likeness (QED) is 0.262. The van der Waals surface area contributed by atoms with Crippen molar-refractivity contribution in [3.05, 3.63) is 97.1 Å². The van der Waals surface area contributed by atoms with Gasteiger partial charge >= 0.3 is 0 Å². The summed E-state index contributed by atoms with van der Waals surface area (Å²) in [5, 5.41) is 5.39. The molecule has 1 aliphatic carbocycles. The van der Waals surface area contributed by atoms with Crippen LogP contribution < -0.4 is 0 Å². The van der Waals surface area contributed by atoms with Gasteiger partial charge in [-0.2, -0.15) is 0 Å². The highest BCUT2D eigenvalue weighted by molar-refractivity contribution is 6.09. The highest BCUT2D eigenvalue weighted by atomic mass is 15.2. The number of fused-ring (bicyclic) bond motifs is 6. The first kappa shape index (κ1) is 19.0. The van der Waals surface area contributed by atoms with Gasteiger partial charge in [-0.3, -0.25) is 0 Å². The number of para-hydroxylation sites is 4. The maximum Gasteiger partial charge on any atom is 0.0682 e. The predicted molar refractivity (Wildman–Crippen MR) is 140 cm³/mol. The molecule has 2 aromatic heterocycles. The summed E-state index contributed by atoms with van der Waals surface area (Å²) in [5.74, 6) is 0. The van der Waals surface area contributed by atoms with Gasteiger partial charge in [0.25, 0.3) is 0 Å². The van der Waals surface area contributed by atoms with Gasteiger partial charge in [-0.25, -0.2) is 0 Å². The maximum absolute atomic E-state index is 2.66. The van der Waals surface area contributed by atoms with E-state index in [9.17, 15) is 0 Å². The monoisotopic (exact) mass is 428 g/mol. The van der Waals surface area contributed by atoms with Gasteiger partial charge in [-0.1, -0.05) is 86.6 Å². The third kappa shape index (κ3) is 2.24. The average Bonchev–Trinajstić information content (AvgIpc) is 3.35. The molecule has 33 heavy (non-hydrogen) atoms. The van der Waals surface area contributed by atoms with Crippen molar-refractivity contribution in [2.24, 2.45) is 5.41 Å². The number of hydrogen-bond acceptors (Lipinski definition) is 0. The Labute approximate surface area is 194 Å². The summed E-state index contributed by atoms with van der Waals surface area (Å²) in [5.41, 5.74) is 5.41. The molecule has 2 nitrogen and oxygen atoms in total. The number of rotatable bonds is 2. The summed E-state index contributed by atoms with van der Waals surface area (Å²) >= 11 is 0. The van der Waals surface area contributed by atoms with Crippen LogP contribution in [0, 0.1) is 5.41 Å². The zero-order chi connectivity index (χ0) is 22.4. The van der Waals surface area contributed by atoms with Crippen molar-refractivity contribution in [3.8, 4) is 0 Å². The molecule has 0 amide bonds. The topological polar surface area (TPSA) is 9.86 Å². The highest BCUT2D eigenvalue weighted by Gasteiger charge is 2.60. The maximum atomic E-state index is 2.66. The third-order valence-corrected chi connectivity index (χ3v) is 8.70. The minimum atomic E-state index is -0.0831. The van der Waals surface area contributed by atoms with E-state index in [2.05, 4.69) is 127 Å². The molecule has 1 aliphatic rings. The molecule has 0 N–H and O–H groups in total. The molecule has 0 aliphatic heterocycles. The van der Waals surface area contributed by atoms with Crippen LogP contribution >= 0.6 is 0 Å². The van der Waals surface area contributed by atoms with E-state index < -0.39 is 0 Å². The second-order valence-corrected chi connectivity index (χ2v) is 10.5. The zero-order valence-electron chi connectivity index (χ0n) is 19.4. The van der Waals surface area contributed by atoms with Gasteiger partial charge in [0.2, 0.25) is 0 Å². The van der Waals surface area contributed by atoms with E-state index in [4.69, 9.17) is 0 Å². The van der Waals surface area contributed by atoms with Crippen molar-refractivity contribution >= 4 is 43.6 Å². The number of hydrogen-bond donors (Lipinski definition) is 0. The van der Waals surface area contributed by atoms with Gasteiger partial charge in [0.1, 0.15) is 0 Å². The Morgan fingerprint density at radius 3 is 1.33 bits per heavy atom. The summed E-state index contributed by atoms with van der Waals surface area (Å²) in [4.78, 5) is 0. The van der Waals surface area contributed by atoms with Gasteiger partial charge in [-0.15, -0.1) is 0 Å². The van der Waals surface area contributed by atoms with E-state index in [1.807, 2.05) is 0 Å². The van der Waals surface area contributed by atoms with Crippen LogP contribution in [0.3, 0.4) is 0 Å². The van der Waals surface area contributed by atoms with Gasteiger partial charge in [0.05, 0.1) is 11.6 Å². The SMILES string of the molecule is CC1(C)C[C@@H](n2c3ccccc3c3ccccc32)[C@]1(C)n1c2ccccc2c2ccccc21. The van der Waals surface area contributed by atoms with Crippen molar-refractivity contribution in [2.75, 3.05) is 0 Å². The van der Waals surface area contributed by atoms with Gasteiger partial charge in [-0.05, 0) is 43.0 Å². The van der Waals surface area contributed by atoms with Crippen molar-refractivity contribution in [1.82, 2.24) is 9.13 Å². The molecule has 2 heterocycles. The van der Waals surface area contributed by atoms with Crippen LogP contribution in [0.1, 0.15) is 33.2 Å². The first-order valence-corrected chi connectivity index (χ1v) is 12.0. The smallest absolute Gasteiger partial charge is 0.0682 e. The Hall–Kier alpha value is -3.52. The molecular formula is C31H28N2. The van der Waals surface area contributed by atoms with Crippen molar-refractivity contribution in [1.29, 1.82) is 0 Å². The highest BCUT2D eigenvalue weighted by Crippen LogP contribution is 2.63. The van der Waals surface area contributed by atoms with Crippen molar-refractivity contribution in [2.45, 2.75) is 38.8 Å². The molecule has 4 aromatic carbocycles. The molecule has 2 atom stereocenters. The fourth-order valence-electron chi connectivity index (χ4n) is 6.71. The second kappa shape index (κ2) is 6.29. The van der Waals surface area contributed by atoms with Crippen molar-refractivity contribution < 1.29 is 0 Å². The molecule has 2 heteroatoms. The Morgan fingerprint density at radius 1 is 0.545 bits per heavy atom. The summed E-state index contributed by atoms with van der Waals surface area (Å²) in [6.45, 7) is 7.38. The van der Waals surface area contributed by atoms with E-state index in [1.165, 1.54) is 43.6 Å². The Bertz CT molecular complexity index is 1590. The van der Waals surface area contributed by atoms with Crippen molar-refractivity contribution in [3.63, 3.8) is 0 Å². The fraction of sp³-hybridized carbons (Fsp3) is 0.226. The molecule has 6 aromatic rings. The number of nitrogens with zero attached hydrogens (tertiary/aromatic N) is 2. The Kier molecular flexibility index (Phi) is 3.62. The molecule has 0 saturated heterocycles. The van der Waals surface area contributed by atoms with Gasteiger partial charge in [0.15, 0.2) is 0 Å². The minimum absolute atomic E-state index is 0.0831. The molecule has 0 radical (unpaired) electrons. The fourth-order valence-corrected chi connectivity index (χ4v) is 6.71. The molecule has 162 valence electrons. The lowest BCUT2D eigenvalue weighted by Crippen LogP contribution is -2.60. The normalized spacial score (nSPS) is 22.3. The predicted octanol–water partition coefficient (Wildman–Crippen LogP) is 8.29. The third-order valence-electron chi connectivity index (χ3n) is 8.70. The minimum Gasteiger partial charge on any atom is -0.335 e. The molecule has 1 saturated carbocycles. The summed E-state index contributed by atoms with van der Waals surface area (Å²) in [6, 6.07) is 36.0. The Balaban J connectivity index is 1.59. The van der Waals surface area contributed by atoms with Crippen LogP contribution in [-0.2, 0) is 5.54 Å². The average molecular weight is 429 g/mol. The first-order valence-electron chi connectivity index (χ1n) is 12.0. The number of benzene rings is 4. The van der Waals surface area contributed by atoms with Gasteiger partial charge < -0.3 is 9.13 Å². The lowest BCUT2D eigenvalue weighted by Gasteiger charge is -2.62. The molecule has 0 spiro atoms. The molecule has 1 fully saturated rings. The molecule has 7 rings (SSSR count). The van der Waals surface area contributed by atoms with Gasteiger partial charge in [0, 0.05) is 43.6 Å². The standard InChI is InChI=1S/C31H28N2/c1-30(2)20-29(32-25-16-8-4-12-21(25)22-13-5-9-17-26(22)32)31(30,3)33-27-18-10-6-14-23(27)24-15-7-11-19-28(24)33/h4-19,29H,20H2,1-3H3/t29-,31+/m1/s1. The molecule has 0 unspecified atom stereocenters. The van der Waals surface area contributed by atoms with E-state index in [0.717, 1.165) is 6.42 Å². The second-order valence-electron chi connectivity index (χ2n) is 10.5. The van der Waals surface area contributed by atoms with Crippen LogP contribution in [-0.4, -0.2) is 9.13 Å². The zero-order valence-corrected chi connectivity index (χ0v) is 19.4. The summed E-state index contributed by atoms with van der Waals surface area (Å²) in [6.07, 6.45) is 1.15. The van der Waals surface area contributed by atoms with Crippen LogP contribution in [0.15, 0.2) is 97.1 Å². The van der Waals surface area contributed by atoms with Crippen LogP contribution in [0.2, 0.25) is 0 Å². The largest absolute Gasteiger partial charge is 0.335 e. The summed E-state index contributed by atoms with van der Waals surface area (Å²) in [7, 11) is 0.